The van der Waals surface area contributed by atoms with Crippen LogP contribution >= 0.6 is 0 Å². The second-order valence-corrected chi connectivity index (χ2v) is 9.36. The van der Waals surface area contributed by atoms with E-state index in [-0.39, 0.29) is 17.9 Å². The third-order valence-electron chi connectivity index (χ3n) is 6.90. The van der Waals surface area contributed by atoms with Crippen LogP contribution in [0, 0.1) is 6.92 Å². The summed E-state index contributed by atoms with van der Waals surface area (Å²) >= 11 is 0. The lowest BCUT2D eigenvalue weighted by Crippen LogP contribution is -2.29. The first-order valence-corrected chi connectivity index (χ1v) is 12.6. The van der Waals surface area contributed by atoms with Gasteiger partial charge in [-0.15, -0.1) is 0 Å². The lowest BCUT2D eigenvalue weighted by molar-refractivity contribution is -0.140. The molecule has 1 aliphatic heterocycles. The molecule has 7 heteroatoms. The average Bonchev–Trinajstić information content (AvgIpc) is 3.46. The predicted octanol–water partition coefficient (Wildman–Crippen LogP) is 5.90. The van der Waals surface area contributed by atoms with E-state index in [1.54, 1.807) is 31.5 Å². The molecule has 194 valence electrons. The van der Waals surface area contributed by atoms with Gasteiger partial charge in [0.1, 0.15) is 17.3 Å². The molecule has 2 heterocycles. The van der Waals surface area contributed by atoms with Crippen molar-refractivity contribution in [2.24, 2.45) is 0 Å². The van der Waals surface area contributed by atoms with Gasteiger partial charge in [0, 0.05) is 33.8 Å². The molecule has 38 heavy (non-hydrogen) atoms. The normalized spacial score (nSPS) is 16.8. The van der Waals surface area contributed by atoms with Crippen LogP contribution in [-0.2, 0) is 16.1 Å². The highest BCUT2D eigenvalue weighted by molar-refractivity contribution is 6.46. The summed E-state index contributed by atoms with van der Waals surface area (Å²) in [4.78, 5) is 31.8. The summed E-state index contributed by atoms with van der Waals surface area (Å²) < 4.78 is 11.3. The highest BCUT2D eigenvalue weighted by atomic mass is 16.5. The van der Waals surface area contributed by atoms with Crippen LogP contribution in [0.15, 0.2) is 78.5 Å². The summed E-state index contributed by atoms with van der Waals surface area (Å²) in [5.41, 5.74) is 3.70. The van der Waals surface area contributed by atoms with E-state index in [4.69, 9.17) is 9.47 Å². The molecule has 1 fully saturated rings. The molecule has 4 aromatic rings. The Morgan fingerprint density at radius 1 is 1.03 bits per heavy atom. The lowest BCUT2D eigenvalue weighted by Gasteiger charge is -2.25. The number of hydrogen-bond acceptors (Lipinski definition) is 5. The van der Waals surface area contributed by atoms with Gasteiger partial charge in [-0.25, -0.2) is 0 Å². The summed E-state index contributed by atoms with van der Waals surface area (Å²) in [6.07, 6.45) is 2.68. The van der Waals surface area contributed by atoms with Crippen molar-refractivity contribution in [1.29, 1.82) is 0 Å². The SMILES string of the molecule is CCCOc1ccc(/C(O)=C2\C(=O)C(=O)N(Cc3ccccc3OC)C2c2c[nH]c3ccccc23)cc1C. The number of aromatic amines is 1. The molecule has 0 saturated carbocycles. The molecule has 5 rings (SSSR count). The molecule has 1 aliphatic rings. The van der Waals surface area contributed by atoms with Crippen molar-refractivity contribution in [2.45, 2.75) is 32.9 Å². The number of hydrogen-bond donors (Lipinski definition) is 2. The van der Waals surface area contributed by atoms with E-state index in [1.807, 2.05) is 62.4 Å². The van der Waals surface area contributed by atoms with Crippen LogP contribution in [0.25, 0.3) is 16.7 Å². The van der Waals surface area contributed by atoms with Gasteiger partial charge in [0.15, 0.2) is 0 Å². The van der Waals surface area contributed by atoms with Gasteiger partial charge in [0.2, 0.25) is 0 Å². The molecular weight excluding hydrogens is 480 g/mol. The van der Waals surface area contributed by atoms with Gasteiger partial charge in [-0.3, -0.25) is 9.59 Å². The molecule has 2 N–H and O–H groups in total. The molecular formula is C31H30N2O5. The molecule has 0 bridgehead atoms. The van der Waals surface area contributed by atoms with E-state index in [0.29, 0.717) is 23.7 Å². The van der Waals surface area contributed by atoms with Crippen LogP contribution < -0.4 is 9.47 Å². The Morgan fingerprint density at radius 2 is 1.79 bits per heavy atom. The number of rotatable bonds is 8. The molecule has 3 aromatic carbocycles. The smallest absolute Gasteiger partial charge is 0.295 e. The van der Waals surface area contributed by atoms with E-state index in [0.717, 1.165) is 34.0 Å². The van der Waals surface area contributed by atoms with Crippen LogP contribution in [0.3, 0.4) is 0 Å². The van der Waals surface area contributed by atoms with Crippen LogP contribution in [-0.4, -0.2) is 40.4 Å². The fourth-order valence-electron chi connectivity index (χ4n) is 5.03. The molecule has 1 unspecified atom stereocenters. The summed E-state index contributed by atoms with van der Waals surface area (Å²) in [5.74, 6) is -0.283. The zero-order valence-electron chi connectivity index (χ0n) is 21.7. The number of aromatic nitrogens is 1. The molecule has 0 radical (unpaired) electrons. The number of ketones is 1. The Labute approximate surface area is 221 Å². The largest absolute Gasteiger partial charge is 0.507 e. The monoisotopic (exact) mass is 510 g/mol. The molecule has 1 amide bonds. The predicted molar refractivity (Wildman–Crippen MR) is 146 cm³/mol. The first kappa shape index (κ1) is 25.1. The van der Waals surface area contributed by atoms with E-state index < -0.39 is 17.7 Å². The zero-order chi connectivity index (χ0) is 26.8. The van der Waals surface area contributed by atoms with Gasteiger partial charge < -0.3 is 24.5 Å². The Kier molecular flexibility index (Phi) is 6.92. The number of methoxy groups -OCH3 is 1. The summed E-state index contributed by atoms with van der Waals surface area (Å²) in [7, 11) is 1.57. The van der Waals surface area contributed by atoms with Crippen LogP contribution in [0.5, 0.6) is 11.5 Å². The molecule has 1 atom stereocenters. The number of H-pyrrole nitrogens is 1. The number of carbonyl (C=O) groups is 2. The Bertz CT molecular complexity index is 1550. The molecule has 0 aliphatic carbocycles. The van der Waals surface area contributed by atoms with Crippen LogP contribution in [0.2, 0.25) is 0 Å². The standard InChI is InChI=1S/C31H30N2O5/c1-4-15-38-25-14-13-20(16-19(25)2)29(34)27-28(23-17-32-24-11-7-6-10-22(23)24)33(31(36)30(27)35)18-21-9-5-8-12-26(21)37-3/h5-14,16-17,28,32,34H,4,15,18H2,1-3H3/b29-27+. The van der Waals surface area contributed by atoms with E-state index in [9.17, 15) is 14.7 Å². The topological polar surface area (TPSA) is 91.9 Å². The number of aliphatic hydroxyl groups excluding tert-OH is 1. The number of para-hydroxylation sites is 2. The fraction of sp³-hybridized carbons (Fsp3) is 0.226. The number of nitrogens with zero attached hydrogens (tertiary/aromatic N) is 1. The van der Waals surface area contributed by atoms with Gasteiger partial charge in [-0.1, -0.05) is 43.3 Å². The minimum absolute atomic E-state index is 0.0521. The van der Waals surface area contributed by atoms with Crippen molar-refractivity contribution in [3.8, 4) is 11.5 Å². The first-order chi connectivity index (χ1) is 18.4. The number of aliphatic hydroxyl groups is 1. The Morgan fingerprint density at radius 3 is 2.55 bits per heavy atom. The average molecular weight is 511 g/mol. The second kappa shape index (κ2) is 10.5. The number of amides is 1. The third-order valence-corrected chi connectivity index (χ3v) is 6.90. The fourth-order valence-corrected chi connectivity index (χ4v) is 5.03. The highest BCUT2D eigenvalue weighted by Gasteiger charge is 2.47. The highest BCUT2D eigenvalue weighted by Crippen LogP contribution is 2.43. The van der Waals surface area contributed by atoms with Crippen LogP contribution in [0.4, 0.5) is 0 Å². The number of Topliss-reactive ketones (excluding diaryl/α,β-unsaturated/α-hetero) is 1. The number of ether oxygens (including phenoxy) is 2. The third kappa shape index (κ3) is 4.41. The number of carbonyl (C=O) groups excluding carboxylic acids is 2. The zero-order valence-corrected chi connectivity index (χ0v) is 21.7. The van der Waals surface area contributed by atoms with Crippen LogP contribution in [0.1, 0.15) is 41.6 Å². The number of benzene rings is 3. The maximum Gasteiger partial charge on any atom is 0.295 e. The van der Waals surface area contributed by atoms with Gasteiger partial charge in [-0.05, 0) is 49.2 Å². The summed E-state index contributed by atoms with van der Waals surface area (Å²) in [6.45, 7) is 4.64. The molecule has 1 aromatic heterocycles. The first-order valence-electron chi connectivity index (χ1n) is 12.6. The second-order valence-electron chi connectivity index (χ2n) is 9.36. The molecule has 7 nitrogen and oxygen atoms in total. The number of fused-ring (bicyclic) bond motifs is 1. The van der Waals surface area contributed by atoms with Crippen molar-refractivity contribution in [2.75, 3.05) is 13.7 Å². The van der Waals surface area contributed by atoms with Gasteiger partial charge >= 0.3 is 0 Å². The number of aryl methyl sites for hydroxylation is 1. The maximum absolute atomic E-state index is 13.5. The maximum atomic E-state index is 13.5. The summed E-state index contributed by atoms with van der Waals surface area (Å²) in [5, 5.41) is 12.4. The van der Waals surface area contributed by atoms with Gasteiger partial charge in [-0.2, -0.15) is 0 Å². The Balaban J connectivity index is 1.66. The van der Waals surface area contributed by atoms with Crippen molar-refractivity contribution < 1.29 is 24.2 Å². The van der Waals surface area contributed by atoms with E-state index in [1.165, 1.54) is 4.90 Å². The minimum atomic E-state index is -0.799. The lowest BCUT2D eigenvalue weighted by atomic mass is 9.94. The minimum Gasteiger partial charge on any atom is -0.507 e. The van der Waals surface area contributed by atoms with Gasteiger partial charge in [0.25, 0.3) is 11.7 Å². The molecule has 0 spiro atoms. The quantitative estimate of drug-likeness (QED) is 0.175. The number of likely N-dealkylation sites (tertiary alicyclic amines) is 1. The van der Waals surface area contributed by atoms with Gasteiger partial charge in [0.05, 0.1) is 31.9 Å². The Hall–Kier alpha value is -4.52. The van der Waals surface area contributed by atoms with Crippen molar-refractivity contribution in [3.63, 3.8) is 0 Å². The molecule has 1 saturated heterocycles. The summed E-state index contributed by atoms with van der Waals surface area (Å²) in [6, 6.07) is 19.6. The number of nitrogens with one attached hydrogen (secondary N) is 1. The van der Waals surface area contributed by atoms with Crippen molar-refractivity contribution in [3.05, 3.63) is 101 Å². The van der Waals surface area contributed by atoms with E-state index >= 15 is 0 Å². The van der Waals surface area contributed by atoms with Crippen molar-refractivity contribution in [1.82, 2.24) is 9.88 Å². The van der Waals surface area contributed by atoms with Crippen molar-refractivity contribution >= 4 is 28.4 Å². The van der Waals surface area contributed by atoms with E-state index in [2.05, 4.69) is 4.98 Å².